The van der Waals surface area contributed by atoms with Crippen LogP contribution >= 0.6 is 8.17 Å². The molecule has 1 aliphatic rings. The molecule has 3 heterocycles. The van der Waals surface area contributed by atoms with E-state index in [1.165, 1.54) is 49.0 Å². The smallest absolute Gasteiger partial charge is 0.412 e. The molecule has 1 aliphatic heterocycles. The average molecular weight is 595 g/mol. The molecule has 1 fully saturated rings. The summed E-state index contributed by atoms with van der Waals surface area (Å²) >= 11 is 0. The molecule has 0 aliphatic carbocycles. The van der Waals surface area contributed by atoms with Crippen molar-refractivity contribution in [2.24, 2.45) is 4.85 Å². The highest BCUT2D eigenvalue weighted by Crippen LogP contribution is 2.41. The lowest BCUT2D eigenvalue weighted by Crippen LogP contribution is -2.44. The first-order valence-corrected chi connectivity index (χ1v) is 13.8. The lowest BCUT2D eigenvalue weighted by atomic mass is 9.99. The Bertz CT molecular complexity index is 1410. The number of hydrogen-bond donors (Lipinski definition) is 4. The number of imidazole rings is 1. The zero-order valence-electron chi connectivity index (χ0n) is 23.0. The molecule has 1 saturated heterocycles. The van der Waals surface area contributed by atoms with Crippen LogP contribution in [0, 0.1) is 0 Å². The molecule has 0 spiro atoms. The maximum Gasteiger partial charge on any atom is 0.412 e. The number of nitrogens with one attached hydrogen (secondary N) is 2. The Hall–Kier alpha value is -3.69. The molecule has 5 N–H and O–H groups in total. The lowest BCUT2D eigenvalue weighted by Gasteiger charge is -2.27. The number of halogens is 1. The third-order valence-corrected chi connectivity index (χ3v) is 6.76. The molecule has 0 radical (unpaired) electrons. The predicted octanol–water partition coefficient (Wildman–Crippen LogP) is 1.59. The molecule has 6 atom stereocenters. The molecule has 3 aromatic rings. The minimum atomic E-state index is -2.53. The van der Waals surface area contributed by atoms with E-state index >= 15 is 4.39 Å². The van der Waals surface area contributed by atoms with Crippen molar-refractivity contribution in [1.82, 2.24) is 24.9 Å². The molecule has 1 aromatic carbocycles. The second-order valence-electron chi connectivity index (χ2n) is 9.74. The van der Waals surface area contributed by atoms with Gasteiger partial charge in [-0.05, 0) is 52.0 Å². The number of aliphatic hydroxyl groups is 1. The van der Waals surface area contributed by atoms with Gasteiger partial charge in [0.05, 0.1) is 12.4 Å². The van der Waals surface area contributed by atoms with E-state index in [9.17, 15) is 14.8 Å². The Kier molecular flexibility index (Phi) is 9.19. The van der Waals surface area contributed by atoms with Crippen molar-refractivity contribution in [2.45, 2.75) is 63.9 Å². The molecular weight excluding hydrogens is 562 g/mol. The molecule has 17 heteroatoms. The number of anilines is 2. The average Bonchev–Trinajstić information content (AvgIpc) is 3.44. The molecule has 41 heavy (non-hydrogen) atoms. The van der Waals surface area contributed by atoms with Crippen molar-refractivity contribution in [2.75, 3.05) is 24.7 Å². The largest absolute Gasteiger partial charge is 0.574 e. The zero-order chi connectivity index (χ0) is 29.9. The maximum atomic E-state index is 15.3. The fourth-order valence-electron chi connectivity index (χ4n) is 3.98. The second kappa shape index (κ2) is 12.4. The van der Waals surface area contributed by atoms with Crippen LogP contribution in [0.3, 0.4) is 0 Å². The number of ether oxygens (including phenoxy) is 3. The zero-order valence-corrected chi connectivity index (χ0v) is 23.9. The first-order chi connectivity index (χ1) is 19.4. The summed E-state index contributed by atoms with van der Waals surface area (Å²) in [7, 11) is -0.886. The van der Waals surface area contributed by atoms with E-state index in [0.717, 1.165) is 0 Å². The fraction of sp³-hybridized carbons (Fsp3) is 0.500. The highest BCUT2D eigenvalue weighted by molar-refractivity contribution is 7.33. The molecule has 2 aromatic heterocycles. The highest BCUT2D eigenvalue weighted by Gasteiger charge is 2.54. The Morgan fingerprint density at radius 3 is 2.66 bits per heavy atom. The number of fused-ring (bicyclic) bond motifs is 1. The Morgan fingerprint density at radius 1 is 1.32 bits per heavy atom. The second-order valence-corrected chi connectivity index (χ2v) is 10.6. The maximum absolute atomic E-state index is 15.3. The van der Waals surface area contributed by atoms with Gasteiger partial charge in [-0.25, -0.2) is 9.37 Å². The van der Waals surface area contributed by atoms with Crippen LogP contribution in [0.1, 0.15) is 33.9 Å². The van der Waals surface area contributed by atoms with Crippen molar-refractivity contribution < 1.29 is 37.9 Å². The summed E-state index contributed by atoms with van der Waals surface area (Å²) < 4.78 is 38.7. The molecule has 4 rings (SSSR count). The van der Waals surface area contributed by atoms with Gasteiger partial charge in [-0.15, -0.1) is 0 Å². The van der Waals surface area contributed by atoms with Crippen molar-refractivity contribution in [3.8, 4) is 11.5 Å². The molecule has 1 unspecified atom stereocenters. The number of nitrogens with zero attached hydrogens (tertiary/aromatic N) is 5. The van der Waals surface area contributed by atoms with Gasteiger partial charge in [0.1, 0.15) is 30.1 Å². The van der Waals surface area contributed by atoms with Crippen LogP contribution in [0.2, 0.25) is 0 Å². The quantitative estimate of drug-likeness (QED) is 0.142. The number of hydrogen-bond acceptors (Lipinski definition) is 13. The number of alkyl halides is 1. The minimum absolute atomic E-state index is 0.0357. The van der Waals surface area contributed by atoms with E-state index in [-0.39, 0.29) is 30.1 Å². The van der Waals surface area contributed by atoms with Gasteiger partial charge in [-0.2, -0.15) is 15.4 Å². The molecular formula is C24H32FN8O7P. The Labute approximate surface area is 235 Å². The van der Waals surface area contributed by atoms with Gasteiger partial charge in [-0.3, -0.25) is 13.9 Å². The summed E-state index contributed by atoms with van der Waals surface area (Å²) in [5, 5.41) is 13.6. The summed E-state index contributed by atoms with van der Waals surface area (Å²) in [5.41, 5.74) is 7.41. The number of esters is 1. The Balaban J connectivity index is 1.37. The van der Waals surface area contributed by atoms with Crippen LogP contribution in [0.25, 0.3) is 11.2 Å². The molecule has 0 bridgehead atoms. The Morgan fingerprint density at radius 2 is 2.00 bits per heavy atom. The number of aliphatic hydroxyl groups excluding tert-OH is 1. The van der Waals surface area contributed by atoms with E-state index in [1.54, 1.807) is 20.9 Å². The van der Waals surface area contributed by atoms with Crippen LogP contribution in [0.5, 0.6) is 11.5 Å². The summed E-state index contributed by atoms with van der Waals surface area (Å²) in [6.07, 6.45) is -3.55. The summed E-state index contributed by atoms with van der Waals surface area (Å²) in [5.74, 6) is 0.378. The number of rotatable bonds is 11. The van der Waals surface area contributed by atoms with Crippen molar-refractivity contribution >= 4 is 37.1 Å². The van der Waals surface area contributed by atoms with Gasteiger partial charge in [0.25, 0.3) is 0 Å². The lowest BCUT2D eigenvalue weighted by molar-refractivity contribution is -0.169. The van der Waals surface area contributed by atoms with Crippen LogP contribution in [-0.4, -0.2) is 74.3 Å². The van der Waals surface area contributed by atoms with Crippen LogP contribution < -0.4 is 30.6 Å². The van der Waals surface area contributed by atoms with Gasteiger partial charge < -0.3 is 35.3 Å². The van der Waals surface area contributed by atoms with E-state index in [0.29, 0.717) is 17.1 Å². The van der Waals surface area contributed by atoms with E-state index in [1.807, 2.05) is 0 Å². The third-order valence-electron chi connectivity index (χ3n) is 6.11. The molecule has 15 nitrogen and oxygen atoms in total. The van der Waals surface area contributed by atoms with E-state index < -0.39 is 44.3 Å². The number of nitrogen functional groups attached to an aromatic ring is 1. The number of carbonyl (C=O) groups is 1. The van der Waals surface area contributed by atoms with Crippen LogP contribution in [0.15, 0.2) is 35.4 Å². The van der Waals surface area contributed by atoms with Crippen molar-refractivity contribution in [1.29, 1.82) is 0 Å². The van der Waals surface area contributed by atoms with Gasteiger partial charge in [0.15, 0.2) is 35.1 Å². The topological polar surface area (TPSA) is 203 Å². The summed E-state index contributed by atoms with van der Waals surface area (Å²) in [6.45, 7) is 6.27. The van der Waals surface area contributed by atoms with E-state index in [4.69, 9.17) is 24.5 Å². The molecule has 222 valence electrons. The molecule has 0 saturated carbocycles. The normalized spacial score (nSPS) is 23.5. The highest BCUT2D eigenvalue weighted by atomic mass is 31.1. The summed E-state index contributed by atoms with van der Waals surface area (Å²) in [6, 6.07) is 5.24. The fourth-order valence-corrected chi connectivity index (χ4v) is 4.59. The van der Waals surface area contributed by atoms with Crippen LogP contribution in [0.4, 0.5) is 16.2 Å². The number of benzene rings is 1. The monoisotopic (exact) mass is 594 g/mol. The van der Waals surface area contributed by atoms with Gasteiger partial charge >= 0.3 is 14.1 Å². The van der Waals surface area contributed by atoms with E-state index in [2.05, 4.69) is 30.5 Å². The first kappa shape index (κ1) is 30.3. The predicted molar refractivity (Wildman–Crippen MR) is 144 cm³/mol. The number of carbonyl (C=O) groups excluding carboxylic acids is 1. The van der Waals surface area contributed by atoms with Gasteiger partial charge in [0, 0.05) is 11.9 Å². The van der Waals surface area contributed by atoms with Crippen molar-refractivity contribution in [3.63, 3.8) is 0 Å². The van der Waals surface area contributed by atoms with Gasteiger partial charge in [-0.1, -0.05) is 0 Å². The molecule has 0 amide bonds. The third kappa shape index (κ3) is 6.80. The standard InChI is InChI=1S/C24H32FN8O7P/c1-12(2)38-22(35)13(3)31-32-41(36)40-15-8-6-14(7-9-15)37-10-24(4)18(34)16(25)21(39-24)33-11-28-17-19(27-5)29-23(26)30-20(17)33/h6-9,11-13,16,18,21,31,34H,10H2,1-5H3,(H3,26,27,29,30)/t13-,16+,18-,21+,24+/m0/s1. The SMILES string of the molecule is CNc1nc(N)nc2c1ncn2[C@@H]1O[C@](C)(COc2ccc(O/[P+]([O-])=N/N[C@@H](C)C(=O)OC(C)C)cc2)[C@@H](O)[C@H]1F. The number of aromatic nitrogens is 4. The first-order valence-electron chi connectivity index (χ1n) is 12.6. The van der Waals surface area contributed by atoms with Crippen LogP contribution in [-0.2, 0) is 14.3 Å². The van der Waals surface area contributed by atoms with Gasteiger partial charge in [0.2, 0.25) is 5.95 Å². The number of nitrogens with two attached hydrogens (primary N) is 1. The minimum Gasteiger partial charge on any atom is -0.574 e. The van der Waals surface area contributed by atoms with Crippen molar-refractivity contribution in [3.05, 3.63) is 30.6 Å². The summed E-state index contributed by atoms with van der Waals surface area (Å²) in [4.78, 5) is 40.0.